The maximum Gasteiger partial charge on any atom is 0.233 e. The number of carbonyl (C=O) groups is 1. The van der Waals surface area contributed by atoms with Crippen molar-refractivity contribution in [2.45, 2.75) is 38.1 Å². The van der Waals surface area contributed by atoms with Gasteiger partial charge in [0.1, 0.15) is 0 Å². The topological polar surface area (TPSA) is 41.1 Å². The van der Waals surface area contributed by atoms with E-state index in [1.165, 1.54) is 11.1 Å². The minimum atomic E-state index is 0.0392. The second kappa shape index (κ2) is 5.11. The summed E-state index contributed by atoms with van der Waals surface area (Å²) < 4.78 is 0. The third-order valence-corrected chi connectivity index (χ3v) is 3.91. The van der Waals surface area contributed by atoms with Crippen molar-refractivity contribution in [2.24, 2.45) is 0 Å². The third kappa shape index (κ3) is 2.56. The van der Waals surface area contributed by atoms with E-state index in [4.69, 9.17) is 0 Å². The molecule has 0 heterocycles. The number of carbonyl (C=O) groups excluding carboxylic acids is 1. The standard InChI is InChI=1S/C15H22N2O/c1-15(2)9-8-13(17-10-14(18)16-3)11-6-4-5-7-12(11)15/h4-7,13,17H,8-10H2,1-3H3,(H,16,18). The third-order valence-electron chi connectivity index (χ3n) is 3.91. The van der Waals surface area contributed by atoms with E-state index < -0.39 is 0 Å². The van der Waals surface area contributed by atoms with Gasteiger partial charge in [-0.25, -0.2) is 0 Å². The number of fused-ring (bicyclic) bond motifs is 1. The monoisotopic (exact) mass is 246 g/mol. The first-order chi connectivity index (χ1) is 8.54. The molecule has 0 saturated carbocycles. The van der Waals surface area contributed by atoms with Crippen LogP contribution in [0.15, 0.2) is 24.3 Å². The molecule has 0 aromatic heterocycles. The summed E-state index contributed by atoms with van der Waals surface area (Å²) in [5.41, 5.74) is 2.99. The minimum absolute atomic E-state index is 0.0392. The van der Waals surface area contributed by atoms with E-state index in [0.29, 0.717) is 12.6 Å². The number of benzene rings is 1. The van der Waals surface area contributed by atoms with Crippen molar-refractivity contribution in [1.82, 2.24) is 10.6 Å². The Balaban J connectivity index is 2.18. The largest absolute Gasteiger partial charge is 0.358 e. The van der Waals surface area contributed by atoms with Crippen LogP contribution in [0, 0.1) is 0 Å². The molecule has 1 amide bonds. The molecule has 1 atom stereocenters. The van der Waals surface area contributed by atoms with Gasteiger partial charge in [-0.05, 0) is 29.4 Å². The van der Waals surface area contributed by atoms with E-state index in [2.05, 4.69) is 48.7 Å². The lowest BCUT2D eigenvalue weighted by Crippen LogP contribution is -2.37. The normalized spacial score (nSPS) is 21.2. The Hall–Kier alpha value is -1.35. The zero-order valence-corrected chi connectivity index (χ0v) is 11.4. The van der Waals surface area contributed by atoms with Gasteiger partial charge in [-0.3, -0.25) is 4.79 Å². The number of rotatable bonds is 3. The van der Waals surface area contributed by atoms with Gasteiger partial charge >= 0.3 is 0 Å². The van der Waals surface area contributed by atoms with Crippen molar-refractivity contribution in [3.8, 4) is 0 Å². The molecule has 1 aromatic carbocycles. The lowest BCUT2D eigenvalue weighted by molar-refractivity contribution is -0.119. The smallest absolute Gasteiger partial charge is 0.233 e. The van der Waals surface area contributed by atoms with E-state index in [1.807, 2.05) is 0 Å². The van der Waals surface area contributed by atoms with Crippen molar-refractivity contribution in [1.29, 1.82) is 0 Å². The fourth-order valence-electron chi connectivity index (χ4n) is 2.73. The van der Waals surface area contributed by atoms with Crippen LogP contribution in [0.4, 0.5) is 0 Å². The van der Waals surface area contributed by atoms with Gasteiger partial charge in [-0.15, -0.1) is 0 Å². The Morgan fingerprint density at radius 2 is 2.11 bits per heavy atom. The molecule has 2 rings (SSSR count). The Bertz CT molecular complexity index is 440. The van der Waals surface area contributed by atoms with E-state index in [0.717, 1.165) is 12.8 Å². The van der Waals surface area contributed by atoms with E-state index in [1.54, 1.807) is 7.05 Å². The summed E-state index contributed by atoms with van der Waals surface area (Å²) in [7, 11) is 1.67. The van der Waals surface area contributed by atoms with E-state index in [9.17, 15) is 4.79 Å². The molecule has 0 aliphatic heterocycles. The molecule has 1 aromatic rings. The number of amides is 1. The summed E-state index contributed by atoms with van der Waals surface area (Å²) in [4.78, 5) is 11.3. The highest BCUT2D eigenvalue weighted by atomic mass is 16.1. The van der Waals surface area contributed by atoms with Gasteiger partial charge in [0.2, 0.25) is 5.91 Å². The second-order valence-electron chi connectivity index (χ2n) is 5.62. The average molecular weight is 246 g/mol. The highest BCUT2D eigenvalue weighted by Crippen LogP contribution is 2.41. The predicted octanol–water partition coefficient (Wildman–Crippen LogP) is 2.13. The van der Waals surface area contributed by atoms with Crippen LogP contribution in [0.2, 0.25) is 0 Å². The van der Waals surface area contributed by atoms with Crippen LogP contribution in [-0.2, 0) is 10.2 Å². The fraction of sp³-hybridized carbons (Fsp3) is 0.533. The molecule has 3 nitrogen and oxygen atoms in total. The van der Waals surface area contributed by atoms with Gasteiger partial charge in [-0.2, -0.15) is 0 Å². The summed E-state index contributed by atoms with van der Waals surface area (Å²) in [5, 5.41) is 6.00. The van der Waals surface area contributed by atoms with Crippen molar-refractivity contribution >= 4 is 5.91 Å². The quantitative estimate of drug-likeness (QED) is 0.858. The van der Waals surface area contributed by atoms with Crippen molar-refractivity contribution in [2.75, 3.05) is 13.6 Å². The summed E-state index contributed by atoms with van der Waals surface area (Å²) >= 11 is 0. The van der Waals surface area contributed by atoms with Gasteiger partial charge in [0.15, 0.2) is 0 Å². The lowest BCUT2D eigenvalue weighted by atomic mass is 9.71. The maximum absolute atomic E-state index is 11.3. The molecule has 1 aliphatic rings. The van der Waals surface area contributed by atoms with Gasteiger partial charge in [-0.1, -0.05) is 38.1 Å². The number of nitrogens with one attached hydrogen (secondary N) is 2. The lowest BCUT2D eigenvalue weighted by Gasteiger charge is -2.37. The average Bonchev–Trinajstić information content (AvgIpc) is 2.38. The van der Waals surface area contributed by atoms with Gasteiger partial charge in [0, 0.05) is 13.1 Å². The molecule has 0 fully saturated rings. The van der Waals surface area contributed by atoms with Crippen LogP contribution in [0.3, 0.4) is 0 Å². The highest BCUT2D eigenvalue weighted by Gasteiger charge is 2.31. The molecule has 0 radical (unpaired) electrons. The minimum Gasteiger partial charge on any atom is -0.358 e. The van der Waals surface area contributed by atoms with Crippen molar-refractivity contribution in [3.05, 3.63) is 35.4 Å². The molecule has 2 N–H and O–H groups in total. The van der Waals surface area contributed by atoms with Crippen molar-refractivity contribution < 1.29 is 4.79 Å². The Morgan fingerprint density at radius 3 is 2.83 bits per heavy atom. The zero-order chi connectivity index (χ0) is 13.2. The van der Waals surface area contributed by atoms with E-state index >= 15 is 0 Å². The summed E-state index contributed by atoms with van der Waals surface area (Å²) in [5.74, 6) is 0.0392. The summed E-state index contributed by atoms with van der Waals surface area (Å²) in [6.07, 6.45) is 2.23. The molecule has 3 heteroatoms. The Kier molecular flexibility index (Phi) is 3.71. The Labute approximate surface area is 109 Å². The van der Waals surface area contributed by atoms with Crippen LogP contribution in [0.5, 0.6) is 0 Å². The van der Waals surface area contributed by atoms with E-state index in [-0.39, 0.29) is 11.3 Å². The molecule has 1 unspecified atom stereocenters. The molecular weight excluding hydrogens is 224 g/mol. The SMILES string of the molecule is CNC(=O)CNC1CCC(C)(C)c2ccccc21. The van der Waals surface area contributed by atoms with Crippen LogP contribution < -0.4 is 10.6 Å². The molecule has 18 heavy (non-hydrogen) atoms. The van der Waals surface area contributed by atoms with Crippen LogP contribution in [-0.4, -0.2) is 19.5 Å². The first kappa shape index (κ1) is 13.1. The van der Waals surface area contributed by atoms with Crippen LogP contribution >= 0.6 is 0 Å². The first-order valence-corrected chi connectivity index (χ1v) is 6.58. The summed E-state index contributed by atoms with van der Waals surface area (Å²) in [6.45, 7) is 4.97. The molecule has 0 spiro atoms. The zero-order valence-electron chi connectivity index (χ0n) is 11.4. The van der Waals surface area contributed by atoms with Crippen LogP contribution in [0.25, 0.3) is 0 Å². The first-order valence-electron chi connectivity index (χ1n) is 6.58. The van der Waals surface area contributed by atoms with Gasteiger partial charge < -0.3 is 10.6 Å². The molecular formula is C15H22N2O. The maximum atomic E-state index is 11.3. The summed E-state index contributed by atoms with van der Waals surface area (Å²) in [6, 6.07) is 8.86. The van der Waals surface area contributed by atoms with Crippen molar-refractivity contribution in [3.63, 3.8) is 0 Å². The molecule has 0 bridgehead atoms. The van der Waals surface area contributed by atoms with Gasteiger partial charge in [0.05, 0.1) is 6.54 Å². The number of likely N-dealkylation sites (N-methyl/N-ethyl adjacent to an activating group) is 1. The molecule has 0 saturated heterocycles. The van der Waals surface area contributed by atoms with Gasteiger partial charge in [0.25, 0.3) is 0 Å². The second-order valence-corrected chi connectivity index (χ2v) is 5.62. The molecule has 98 valence electrons. The number of hydrogen-bond donors (Lipinski definition) is 2. The van der Waals surface area contributed by atoms with Crippen LogP contribution in [0.1, 0.15) is 43.9 Å². The highest BCUT2D eigenvalue weighted by molar-refractivity contribution is 5.77. The predicted molar refractivity (Wildman–Crippen MR) is 73.5 cm³/mol. The Morgan fingerprint density at radius 1 is 1.39 bits per heavy atom. The fourth-order valence-corrected chi connectivity index (χ4v) is 2.73. The number of hydrogen-bond acceptors (Lipinski definition) is 2. The molecule has 1 aliphatic carbocycles.